The molecule has 0 aliphatic heterocycles. The Hall–Kier alpha value is -1.63. The Morgan fingerprint density at radius 2 is 2.64 bits per heavy atom. The number of ketones is 1. The van der Waals surface area contributed by atoms with E-state index < -0.39 is 0 Å². The zero-order chi connectivity index (χ0) is 8.10. The van der Waals surface area contributed by atoms with Crippen molar-refractivity contribution in [3.05, 3.63) is 12.2 Å². The summed E-state index contributed by atoms with van der Waals surface area (Å²) in [6.07, 6.45) is 7.05. The lowest BCUT2D eigenvalue weighted by Gasteiger charge is -1.89. The summed E-state index contributed by atoms with van der Waals surface area (Å²) >= 11 is 0. The molecule has 0 radical (unpaired) electrons. The molecule has 4 nitrogen and oxygen atoms in total. The maximum absolute atomic E-state index is 11.0. The quantitative estimate of drug-likeness (QED) is 0.500. The minimum atomic E-state index is -0.0968. The van der Waals surface area contributed by atoms with Gasteiger partial charge in [0.2, 0.25) is 5.78 Å². The van der Waals surface area contributed by atoms with Gasteiger partial charge in [-0.2, -0.15) is 5.10 Å². The van der Waals surface area contributed by atoms with E-state index in [-0.39, 0.29) is 11.6 Å². The second-order valence-electron chi connectivity index (χ2n) is 1.96. The topological polar surface area (TPSA) is 58.6 Å². The summed E-state index contributed by atoms with van der Waals surface area (Å²) in [6.45, 7) is 0. The van der Waals surface area contributed by atoms with Crippen molar-refractivity contribution < 1.29 is 4.79 Å². The maximum Gasteiger partial charge on any atom is 0.200 e. The highest BCUT2D eigenvalue weighted by molar-refractivity contribution is 5.92. The minimum absolute atomic E-state index is 0.0968. The molecular formula is C7H7N3O. The van der Waals surface area contributed by atoms with Crippen molar-refractivity contribution in [2.75, 3.05) is 0 Å². The molecule has 0 spiro atoms. The van der Waals surface area contributed by atoms with Gasteiger partial charge in [-0.1, -0.05) is 0 Å². The molecule has 0 fully saturated rings. The van der Waals surface area contributed by atoms with Crippen molar-refractivity contribution in [1.82, 2.24) is 15.2 Å². The van der Waals surface area contributed by atoms with Crippen LogP contribution in [0, 0.1) is 12.3 Å². The molecule has 0 saturated carbocycles. The Kier molecular flexibility index (Phi) is 2.39. The van der Waals surface area contributed by atoms with Gasteiger partial charge in [0.05, 0.1) is 0 Å². The highest BCUT2D eigenvalue weighted by Crippen LogP contribution is 1.96. The van der Waals surface area contributed by atoms with Gasteiger partial charge in [-0.3, -0.25) is 9.89 Å². The third kappa shape index (κ3) is 1.90. The maximum atomic E-state index is 11.0. The zero-order valence-electron chi connectivity index (χ0n) is 5.87. The first-order chi connectivity index (χ1) is 5.34. The number of nitrogens with zero attached hydrogens (tertiary/aromatic N) is 2. The molecule has 0 atom stereocenters. The fourth-order valence-corrected chi connectivity index (χ4v) is 0.644. The molecule has 4 heteroatoms. The van der Waals surface area contributed by atoms with Crippen molar-refractivity contribution in [3.8, 4) is 12.3 Å². The fourth-order valence-electron chi connectivity index (χ4n) is 0.644. The van der Waals surface area contributed by atoms with Gasteiger partial charge in [0.1, 0.15) is 6.33 Å². The molecule has 1 N–H and O–H groups in total. The molecule has 1 aromatic heterocycles. The smallest absolute Gasteiger partial charge is 0.200 e. The summed E-state index contributed by atoms with van der Waals surface area (Å²) in [5, 5.41) is 6.01. The number of nitrogens with one attached hydrogen (secondary N) is 1. The molecule has 11 heavy (non-hydrogen) atoms. The largest absolute Gasteiger partial charge is 0.291 e. The van der Waals surface area contributed by atoms with Crippen molar-refractivity contribution in [3.63, 3.8) is 0 Å². The number of terminal acetylenes is 1. The zero-order valence-corrected chi connectivity index (χ0v) is 5.87. The number of rotatable bonds is 3. The molecule has 1 heterocycles. The van der Waals surface area contributed by atoms with E-state index in [0.29, 0.717) is 12.8 Å². The van der Waals surface area contributed by atoms with E-state index in [1.54, 1.807) is 0 Å². The molecule has 1 aromatic rings. The van der Waals surface area contributed by atoms with Gasteiger partial charge in [0.15, 0.2) is 5.82 Å². The summed E-state index contributed by atoms with van der Waals surface area (Å²) in [5.41, 5.74) is 0. The summed E-state index contributed by atoms with van der Waals surface area (Å²) in [7, 11) is 0. The number of H-pyrrole nitrogens is 1. The van der Waals surface area contributed by atoms with Crippen LogP contribution in [-0.2, 0) is 0 Å². The highest BCUT2D eigenvalue weighted by atomic mass is 16.1. The van der Waals surface area contributed by atoms with Gasteiger partial charge < -0.3 is 0 Å². The number of aromatic amines is 1. The number of hydrogen-bond donors (Lipinski definition) is 1. The van der Waals surface area contributed by atoms with Gasteiger partial charge in [-0.25, -0.2) is 4.98 Å². The summed E-state index contributed by atoms with van der Waals surface area (Å²) in [4.78, 5) is 14.7. The highest BCUT2D eigenvalue weighted by Gasteiger charge is 2.06. The predicted molar refractivity (Wildman–Crippen MR) is 38.8 cm³/mol. The Morgan fingerprint density at radius 1 is 1.82 bits per heavy atom. The van der Waals surface area contributed by atoms with Crippen molar-refractivity contribution in [2.45, 2.75) is 12.8 Å². The van der Waals surface area contributed by atoms with Crippen LogP contribution in [-0.4, -0.2) is 21.0 Å². The van der Waals surface area contributed by atoms with E-state index in [4.69, 9.17) is 6.42 Å². The molecule has 0 aliphatic rings. The van der Waals surface area contributed by atoms with E-state index in [1.165, 1.54) is 6.33 Å². The third-order valence-electron chi connectivity index (χ3n) is 1.18. The second-order valence-corrected chi connectivity index (χ2v) is 1.96. The summed E-state index contributed by atoms with van der Waals surface area (Å²) < 4.78 is 0. The van der Waals surface area contributed by atoms with Crippen LogP contribution in [0.5, 0.6) is 0 Å². The SMILES string of the molecule is C#CCCC(=O)c1ncn[nH]1. The number of hydrogen-bond acceptors (Lipinski definition) is 3. The fraction of sp³-hybridized carbons (Fsp3) is 0.286. The van der Waals surface area contributed by atoms with Gasteiger partial charge in [-0.05, 0) is 0 Å². The summed E-state index contributed by atoms with van der Waals surface area (Å²) in [5.74, 6) is 2.56. The van der Waals surface area contributed by atoms with Crippen LogP contribution in [0.2, 0.25) is 0 Å². The van der Waals surface area contributed by atoms with E-state index in [1.807, 2.05) is 0 Å². The van der Waals surface area contributed by atoms with Crippen LogP contribution in [0.25, 0.3) is 0 Å². The minimum Gasteiger partial charge on any atom is -0.291 e. The van der Waals surface area contributed by atoms with Gasteiger partial charge in [0, 0.05) is 12.8 Å². The molecule has 0 bridgehead atoms. The van der Waals surface area contributed by atoms with E-state index in [2.05, 4.69) is 21.1 Å². The molecule has 56 valence electrons. The monoisotopic (exact) mass is 149 g/mol. The van der Waals surface area contributed by atoms with Crippen LogP contribution < -0.4 is 0 Å². The lowest BCUT2D eigenvalue weighted by atomic mass is 10.2. The molecule has 0 aromatic carbocycles. The first-order valence-corrected chi connectivity index (χ1v) is 3.16. The van der Waals surface area contributed by atoms with Gasteiger partial charge in [0.25, 0.3) is 0 Å². The predicted octanol–water partition coefficient (Wildman–Crippen LogP) is 0.401. The Labute approximate surface area is 64.0 Å². The Balaban J connectivity index is 2.51. The third-order valence-corrected chi connectivity index (χ3v) is 1.18. The molecule has 0 aliphatic carbocycles. The van der Waals surface area contributed by atoms with Crippen molar-refractivity contribution in [2.24, 2.45) is 0 Å². The average Bonchev–Trinajstić information content (AvgIpc) is 2.52. The molecule has 0 amide bonds. The van der Waals surface area contributed by atoms with Gasteiger partial charge >= 0.3 is 0 Å². The van der Waals surface area contributed by atoms with Crippen LogP contribution in [0.1, 0.15) is 23.5 Å². The van der Waals surface area contributed by atoms with Gasteiger partial charge in [-0.15, -0.1) is 12.3 Å². The lowest BCUT2D eigenvalue weighted by Crippen LogP contribution is -2.00. The molecular weight excluding hydrogens is 142 g/mol. The van der Waals surface area contributed by atoms with Crippen LogP contribution in [0.15, 0.2) is 6.33 Å². The first kappa shape index (κ1) is 7.48. The normalized spacial score (nSPS) is 9.00. The van der Waals surface area contributed by atoms with Crippen LogP contribution in [0.3, 0.4) is 0 Å². The summed E-state index contributed by atoms with van der Waals surface area (Å²) in [6, 6.07) is 0. The van der Waals surface area contributed by atoms with E-state index in [9.17, 15) is 4.79 Å². The number of aromatic nitrogens is 3. The Bertz CT molecular complexity index is 270. The lowest BCUT2D eigenvalue weighted by molar-refractivity contribution is 0.0975. The number of carbonyl (C=O) groups excluding carboxylic acids is 1. The van der Waals surface area contributed by atoms with E-state index >= 15 is 0 Å². The van der Waals surface area contributed by atoms with Crippen LogP contribution >= 0.6 is 0 Å². The number of Topliss-reactive ketones (excluding diaryl/α,β-unsaturated/α-hetero) is 1. The molecule has 1 rings (SSSR count). The Morgan fingerprint density at radius 3 is 3.18 bits per heavy atom. The average molecular weight is 149 g/mol. The second kappa shape index (κ2) is 3.52. The molecule has 0 saturated heterocycles. The van der Waals surface area contributed by atoms with Crippen LogP contribution in [0.4, 0.5) is 0 Å². The van der Waals surface area contributed by atoms with Crippen molar-refractivity contribution >= 4 is 5.78 Å². The van der Waals surface area contributed by atoms with Crippen molar-refractivity contribution in [1.29, 1.82) is 0 Å². The standard InChI is InChI=1S/C7H7N3O/c1-2-3-4-6(11)7-8-5-9-10-7/h1,5H,3-4H2,(H,8,9,10). The van der Waals surface area contributed by atoms with E-state index in [0.717, 1.165) is 0 Å². The first-order valence-electron chi connectivity index (χ1n) is 3.16. The number of carbonyl (C=O) groups is 1. The molecule has 0 unspecified atom stereocenters.